The zero-order valence-electron chi connectivity index (χ0n) is 14.6. The molecule has 150 valence electrons. The van der Waals surface area contributed by atoms with Crippen molar-refractivity contribution >= 4 is 27.7 Å². The molecule has 27 heavy (non-hydrogen) atoms. The van der Waals surface area contributed by atoms with E-state index in [0.29, 0.717) is 32.0 Å². The van der Waals surface area contributed by atoms with Crippen molar-refractivity contribution in [3.05, 3.63) is 29.8 Å². The number of thioether (sulfide) groups is 1. The van der Waals surface area contributed by atoms with Crippen LogP contribution in [0.15, 0.2) is 29.2 Å². The van der Waals surface area contributed by atoms with Gasteiger partial charge >= 0.3 is 6.18 Å². The van der Waals surface area contributed by atoms with Gasteiger partial charge in [-0.15, -0.1) is 0 Å². The number of hydrogen-bond acceptors (Lipinski definition) is 4. The lowest BCUT2D eigenvalue weighted by Crippen LogP contribution is -2.46. The second kappa shape index (κ2) is 8.00. The Kier molecular flexibility index (Phi) is 6.07. The van der Waals surface area contributed by atoms with Gasteiger partial charge in [-0.25, -0.2) is 8.42 Å². The van der Waals surface area contributed by atoms with Gasteiger partial charge in [-0.1, -0.05) is 6.07 Å². The first-order valence-corrected chi connectivity index (χ1v) is 11.3. The molecule has 0 bridgehead atoms. The van der Waals surface area contributed by atoms with E-state index in [-0.39, 0.29) is 29.8 Å². The Bertz CT molecular complexity index is 785. The zero-order chi connectivity index (χ0) is 19.7. The predicted octanol–water partition coefficient (Wildman–Crippen LogP) is 2.68. The number of carbonyl (C=O) groups is 1. The highest BCUT2D eigenvalue weighted by Gasteiger charge is 2.36. The van der Waals surface area contributed by atoms with Crippen LogP contribution in [0.1, 0.15) is 18.4 Å². The molecule has 0 unspecified atom stereocenters. The Morgan fingerprint density at radius 1 is 1.07 bits per heavy atom. The molecule has 0 saturated carbocycles. The molecule has 1 aromatic carbocycles. The summed E-state index contributed by atoms with van der Waals surface area (Å²) in [4.78, 5) is 14.0. The Morgan fingerprint density at radius 3 is 2.30 bits per heavy atom. The van der Waals surface area contributed by atoms with E-state index in [1.54, 1.807) is 11.8 Å². The minimum Gasteiger partial charge on any atom is -0.341 e. The quantitative estimate of drug-likeness (QED) is 0.752. The van der Waals surface area contributed by atoms with Gasteiger partial charge in [0, 0.05) is 43.6 Å². The van der Waals surface area contributed by atoms with Crippen LogP contribution in [0.2, 0.25) is 0 Å². The number of halogens is 3. The topological polar surface area (TPSA) is 57.7 Å². The average molecular weight is 422 g/mol. The summed E-state index contributed by atoms with van der Waals surface area (Å²) >= 11 is 1.81. The van der Waals surface area contributed by atoms with E-state index in [1.165, 1.54) is 10.4 Å². The lowest BCUT2D eigenvalue weighted by molar-refractivity contribution is -0.138. The van der Waals surface area contributed by atoms with Crippen molar-refractivity contribution in [2.45, 2.75) is 23.9 Å². The number of alkyl halides is 3. The van der Waals surface area contributed by atoms with Crippen LogP contribution in [0.3, 0.4) is 0 Å². The fourth-order valence-electron chi connectivity index (χ4n) is 3.37. The third-order valence-corrected chi connectivity index (χ3v) is 7.76. The van der Waals surface area contributed by atoms with Gasteiger partial charge in [0.05, 0.1) is 10.5 Å². The Labute approximate surface area is 160 Å². The first kappa shape index (κ1) is 20.5. The molecule has 10 heteroatoms. The summed E-state index contributed by atoms with van der Waals surface area (Å²) in [6, 6.07) is 3.78. The van der Waals surface area contributed by atoms with Crippen molar-refractivity contribution in [1.82, 2.24) is 9.21 Å². The summed E-state index contributed by atoms with van der Waals surface area (Å²) in [5.41, 5.74) is -0.989. The number of piperidine rings is 1. The Balaban J connectivity index is 1.67. The molecule has 1 amide bonds. The van der Waals surface area contributed by atoms with Gasteiger partial charge < -0.3 is 4.90 Å². The number of rotatable bonds is 3. The number of carbonyl (C=O) groups excluding carboxylic acids is 1. The lowest BCUT2D eigenvalue weighted by Gasteiger charge is -2.35. The maximum atomic E-state index is 12.9. The summed E-state index contributed by atoms with van der Waals surface area (Å²) in [7, 11) is -4.01. The molecule has 0 aromatic heterocycles. The Morgan fingerprint density at radius 2 is 1.70 bits per heavy atom. The summed E-state index contributed by atoms with van der Waals surface area (Å²) < 4.78 is 65.2. The van der Waals surface area contributed by atoms with Crippen LogP contribution >= 0.6 is 11.8 Å². The molecule has 3 rings (SSSR count). The smallest absolute Gasteiger partial charge is 0.341 e. The van der Waals surface area contributed by atoms with Gasteiger partial charge in [0.2, 0.25) is 15.9 Å². The van der Waals surface area contributed by atoms with Gasteiger partial charge in [-0.05, 0) is 31.0 Å². The molecule has 2 aliphatic rings. The van der Waals surface area contributed by atoms with Crippen LogP contribution in [-0.4, -0.2) is 61.2 Å². The van der Waals surface area contributed by atoms with Crippen LogP contribution in [0, 0.1) is 5.92 Å². The number of benzene rings is 1. The van der Waals surface area contributed by atoms with E-state index in [1.807, 2.05) is 4.90 Å². The molecule has 0 spiro atoms. The summed E-state index contributed by atoms with van der Waals surface area (Å²) in [6.45, 7) is 1.70. The predicted molar refractivity (Wildman–Crippen MR) is 96.8 cm³/mol. The maximum absolute atomic E-state index is 12.9. The van der Waals surface area contributed by atoms with Crippen molar-refractivity contribution < 1.29 is 26.4 Å². The summed E-state index contributed by atoms with van der Waals surface area (Å²) in [5.74, 6) is 1.66. The second-order valence-corrected chi connectivity index (χ2v) is 9.80. The van der Waals surface area contributed by atoms with Crippen molar-refractivity contribution in [1.29, 1.82) is 0 Å². The van der Waals surface area contributed by atoms with Crippen molar-refractivity contribution in [2.24, 2.45) is 5.92 Å². The molecular formula is C17H21F3N2O3S2. The fourth-order valence-corrected chi connectivity index (χ4v) is 5.79. The first-order chi connectivity index (χ1) is 12.7. The minimum absolute atomic E-state index is 0.0615. The second-order valence-electron chi connectivity index (χ2n) is 6.64. The Hall–Kier alpha value is -1.26. The van der Waals surface area contributed by atoms with E-state index in [2.05, 4.69) is 0 Å². The van der Waals surface area contributed by atoms with Crippen LogP contribution in [0.4, 0.5) is 13.2 Å². The number of sulfonamides is 1. The van der Waals surface area contributed by atoms with E-state index in [0.717, 1.165) is 23.6 Å². The van der Waals surface area contributed by atoms with E-state index in [9.17, 15) is 26.4 Å². The maximum Gasteiger partial charge on any atom is 0.416 e. The highest BCUT2D eigenvalue weighted by atomic mass is 32.2. The summed E-state index contributed by atoms with van der Waals surface area (Å²) in [5, 5.41) is 0. The fraction of sp³-hybridized carbons (Fsp3) is 0.588. The largest absolute Gasteiger partial charge is 0.416 e. The van der Waals surface area contributed by atoms with Crippen LogP contribution in [-0.2, 0) is 21.0 Å². The minimum atomic E-state index is -4.60. The van der Waals surface area contributed by atoms with E-state index < -0.39 is 21.8 Å². The molecule has 5 nitrogen and oxygen atoms in total. The van der Waals surface area contributed by atoms with Crippen LogP contribution in [0.25, 0.3) is 0 Å². The third-order valence-electron chi connectivity index (χ3n) is 4.93. The molecule has 2 saturated heterocycles. The highest BCUT2D eigenvalue weighted by molar-refractivity contribution is 7.99. The lowest BCUT2D eigenvalue weighted by atomic mass is 9.96. The molecular weight excluding hydrogens is 401 g/mol. The van der Waals surface area contributed by atoms with Crippen molar-refractivity contribution in [3.8, 4) is 0 Å². The molecule has 0 N–H and O–H groups in total. The number of hydrogen-bond donors (Lipinski definition) is 0. The highest BCUT2D eigenvalue weighted by Crippen LogP contribution is 2.32. The third kappa shape index (κ3) is 4.60. The van der Waals surface area contributed by atoms with Gasteiger partial charge in [-0.2, -0.15) is 29.2 Å². The van der Waals surface area contributed by atoms with E-state index in [4.69, 9.17) is 0 Å². The SMILES string of the molecule is O=C(C1CCN(S(=O)(=O)c2cccc(C(F)(F)F)c2)CC1)N1CCSCC1. The number of nitrogens with zero attached hydrogens (tertiary/aromatic N) is 2. The zero-order valence-corrected chi connectivity index (χ0v) is 16.2. The standard InChI is InChI=1S/C17H21F3N2O3S2/c18-17(19,20)14-2-1-3-15(12-14)27(24,25)22-6-4-13(5-7-22)16(23)21-8-10-26-11-9-21/h1-3,12-13H,4-11H2. The molecule has 2 aliphatic heterocycles. The molecule has 2 heterocycles. The van der Waals surface area contributed by atoms with Gasteiger partial charge in [-0.3, -0.25) is 4.79 Å². The van der Waals surface area contributed by atoms with Crippen molar-refractivity contribution in [2.75, 3.05) is 37.7 Å². The molecule has 0 radical (unpaired) electrons. The van der Waals surface area contributed by atoms with Crippen LogP contribution in [0.5, 0.6) is 0 Å². The van der Waals surface area contributed by atoms with Crippen molar-refractivity contribution in [3.63, 3.8) is 0 Å². The van der Waals surface area contributed by atoms with Gasteiger partial charge in [0.25, 0.3) is 0 Å². The first-order valence-electron chi connectivity index (χ1n) is 8.73. The van der Waals surface area contributed by atoms with Crippen LogP contribution < -0.4 is 0 Å². The normalized spacial score (nSPS) is 20.6. The average Bonchev–Trinajstić information content (AvgIpc) is 2.67. The van der Waals surface area contributed by atoms with E-state index >= 15 is 0 Å². The number of amides is 1. The summed E-state index contributed by atoms with van der Waals surface area (Å²) in [6.07, 6.45) is -3.82. The molecule has 2 fully saturated rings. The molecule has 0 aliphatic carbocycles. The monoisotopic (exact) mass is 422 g/mol. The molecule has 0 atom stereocenters. The van der Waals surface area contributed by atoms with Gasteiger partial charge in [0.1, 0.15) is 0 Å². The van der Waals surface area contributed by atoms with Gasteiger partial charge in [0.15, 0.2) is 0 Å². The molecule has 1 aromatic rings.